The van der Waals surface area contributed by atoms with E-state index in [1.54, 1.807) is 0 Å². The van der Waals surface area contributed by atoms with E-state index in [1.165, 1.54) is 44.1 Å². The molecule has 2 heterocycles. The lowest BCUT2D eigenvalue weighted by Crippen LogP contribution is -2.30. The molecule has 0 atom stereocenters. The van der Waals surface area contributed by atoms with Gasteiger partial charge in [-0.05, 0) is 36.4 Å². The van der Waals surface area contributed by atoms with E-state index < -0.39 is 46.5 Å². The van der Waals surface area contributed by atoms with Crippen LogP contribution >= 0.6 is 0 Å². The number of nitrogens with one attached hydrogen (secondary N) is 1. The van der Waals surface area contributed by atoms with Gasteiger partial charge in [-0.3, -0.25) is 19.1 Å². The van der Waals surface area contributed by atoms with Crippen LogP contribution in [0.15, 0.2) is 64.3 Å². The average molecular weight is 532 g/mol. The van der Waals surface area contributed by atoms with Gasteiger partial charge in [-0.1, -0.05) is 0 Å². The van der Waals surface area contributed by atoms with Crippen molar-refractivity contribution in [3.8, 4) is 28.4 Å². The number of aryl methyl sites for hydroxylation is 1. The highest BCUT2D eigenvalue weighted by Crippen LogP contribution is 2.34. The molecule has 0 saturated heterocycles. The predicted molar refractivity (Wildman–Crippen MR) is 129 cm³/mol. The third-order valence-corrected chi connectivity index (χ3v) is 5.67. The molecule has 0 aliphatic heterocycles. The van der Waals surface area contributed by atoms with Crippen molar-refractivity contribution in [3.63, 3.8) is 0 Å². The summed E-state index contributed by atoms with van der Waals surface area (Å²) >= 11 is 0. The summed E-state index contributed by atoms with van der Waals surface area (Å²) in [5.41, 5.74) is -3.32. The number of carbonyl (C=O) groups excluding carboxylic acids is 1. The number of nitrogens with zero attached hydrogens (tertiary/aromatic N) is 3. The predicted octanol–water partition coefficient (Wildman–Crippen LogP) is 3.68. The first-order valence-corrected chi connectivity index (χ1v) is 10.9. The standard InChI is InChI=1S/C25H20F4N4O5/c1-31-10-4-5-18(23(31)35)33-24(36)20(30-22(34)13-6-8-14(9-7-13)38-25(28)29)21(32(33)2)19-16(26)11-15(37-3)12-17(19)27/h4-12,25H,1-3H3,(H,30,34). The van der Waals surface area contributed by atoms with Gasteiger partial charge >= 0.3 is 6.61 Å². The number of hydrogen-bond donors (Lipinski definition) is 1. The highest BCUT2D eigenvalue weighted by Gasteiger charge is 2.28. The molecular weight excluding hydrogens is 512 g/mol. The van der Waals surface area contributed by atoms with Crippen molar-refractivity contribution in [2.24, 2.45) is 14.1 Å². The van der Waals surface area contributed by atoms with Crippen molar-refractivity contribution in [2.75, 3.05) is 12.4 Å². The number of benzene rings is 2. The number of carbonyl (C=O) groups is 1. The Morgan fingerprint density at radius 2 is 1.58 bits per heavy atom. The molecule has 0 spiro atoms. The summed E-state index contributed by atoms with van der Waals surface area (Å²) in [6.45, 7) is -3.07. The zero-order valence-corrected chi connectivity index (χ0v) is 20.2. The third-order valence-electron chi connectivity index (χ3n) is 5.67. The van der Waals surface area contributed by atoms with Crippen LogP contribution in [0.1, 0.15) is 10.4 Å². The zero-order valence-electron chi connectivity index (χ0n) is 20.2. The minimum absolute atomic E-state index is 0.0707. The van der Waals surface area contributed by atoms with Crippen molar-refractivity contribution in [3.05, 3.63) is 92.6 Å². The maximum atomic E-state index is 15.1. The number of rotatable bonds is 7. The Balaban J connectivity index is 1.91. The van der Waals surface area contributed by atoms with E-state index in [1.807, 2.05) is 0 Å². The summed E-state index contributed by atoms with van der Waals surface area (Å²) in [5, 5.41) is 2.35. The monoisotopic (exact) mass is 532 g/mol. The van der Waals surface area contributed by atoms with Crippen LogP contribution in [0.2, 0.25) is 0 Å². The topological polar surface area (TPSA) is 96.5 Å². The molecule has 2 aromatic carbocycles. The molecule has 0 unspecified atom stereocenters. The number of anilines is 1. The Labute approximate surface area is 212 Å². The quantitative estimate of drug-likeness (QED) is 0.367. The highest BCUT2D eigenvalue weighted by atomic mass is 19.3. The second-order valence-corrected chi connectivity index (χ2v) is 8.00. The second kappa shape index (κ2) is 10.3. The largest absolute Gasteiger partial charge is 0.497 e. The second-order valence-electron chi connectivity index (χ2n) is 8.00. The smallest absolute Gasteiger partial charge is 0.387 e. The molecule has 38 heavy (non-hydrogen) atoms. The summed E-state index contributed by atoms with van der Waals surface area (Å²) < 4.78 is 67.4. The number of aromatic nitrogens is 3. The Bertz CT molecular complexity index is 1620. The summed E-state index contributed by atoms with van der Waals surface area (Å²) in [6, 6.07) is 9.17. The Morgan fingerprint density at radius 1 is 0.947 bits per heavy atom. The molecule has 1 N–H and O–H groups in total. The number of hydrogen-bond acceptors (Lipinski definition) is 5. The summed E-state index contributed by atoms with van der Waals surface area (Å²) in [4.78, 5) is 39.3. The fraction of sp³-hybridized carbons (Fsp3) is 0.160. The molecule has 0 saturated carbocycles. The van der Waals surface area contributed by atoms with Gasteiger partial charge in [0.05, 0.1) is 12.7 Å². The first-order chi connectivity index (χ1) is 18.0. The van der Waals surface area contributed by atoms with Crippen molar-refractivity contribution in [2.45, 2.75) is 6.61 Å². The van der Waals surface area contributed by atoms with E-state index >= 15 is 8.78 Å². The van der Waals surface area contributed by atoms with Gasteiger partial charge in [-0.25, -0.2) is 13.5 Å². The van der Waals surface area contributed by atoms with Crippen LogP contribution in [0.4, 0.5) is 23.2 Å². The van der Waals surface area contributed by atoms with Crippen LogP contribution < -0.4 is 25.9 Å². The van der Waals surface area contributed by atoms with Gasteiger partial charge in [-0.15, -0.1) is 0 Å². The van der Waals surface area contributed by atoms with Crippen LogP contribution in [-0.2, 0) is 14.1 Å². The summed E-state index contributed by atoms with van der Waals surface area (Å²) in [5.74, 6) is -3.41. The lowest BCUT2D eigenvalue weighted by Gasteiger charge is -2.13. The molecule has 0 radical (unpaired) electrons. The SMILES string of the molecule is COc1cc(F)c(-c2c(NC(=O)c3ccc(OC(F)F)cc3)c(=O)n(-c3cccn(C)c3=O)n2C)c(F)c1. The normalized spacial score (nSPS) is 11.1. The molecule has 198 valence electrons. The van der Waals surface area contributed by atoms with E-state index in [4.69, 9.17) is 4.74 Å². The van der Waals surface area contributed by atoms with Crippen molar-refractivity contribution in [1.82, 2.24) is 13.9 Å². The molecule has 0 aliphatic rings. The number of alkyl halides is 2. The van der Waals surface area contributed by atoms with Gasteiger partial charge in [0, 0.05) is 38.0 Å². The van der Waals surface area contributed by atoms with Gasteiger partial charge in [-0.2, -0.15) is 8.78 Å². The van der Waals surface area contributed by atoms with E-state index in [-0.39, 0.29) is 28.4 Å². The van der Waals surface area contributed by atoms with E-state index in [2.05, 4.69) is 10.1 Å². The molecule has 0 bridgehead atoms. The van der Waals surface area contributed by atoms with Crippen molar-refractivity contribution < 1.29 is 31.8 Å². The Hall–Kier alpha value is -4.81. The molecule has 13 heteroatoms. The Morgan fingerprint density at radius 3 is 2.16 bits per heavy atom. The third kappa shape index (κ3) is 4.77. The van der Waals surface area contributed by atoms with Gasteiger partial charge in [0.1, 0.15) is 40.2 Å². The lowest BCUT2D eigenvalue weighted by atomic mass is 10.1. The molecule has 2 aromatic heterocycles. The van der Waals surface area contributed by atoms with Crippen molar-refractivity contribution in [1.29, 1.82) is 0 Å². The van der Waals surface area contributed by atoms with Crippen LogP contribution in [0.25, 0.3) is 16.9 Å². The summed E-state index contributed by atoms with van der Waals surface area (Å²) in [6.07, 6.45) is 1.45. The van der Waals surface area contributed by atoms with Gasteiger partial charge in [0.15, 0.2) is 0 Å². The van der Waals surface area contributed by atoms with Crippen LogP contribution in [0.5, 0.6) is 11.5 Å². The average Bonchev–Trinajstić information content (AvgIpc) is 3.09. The number of pyridine rings is 1. The number of halogens is 4. The maximum Gasteiger partial charge on any atom is 0.387 e. The molecule has 1 amide bonds. The highest BCUT2D eigenvalue weighted by molar-refractivity contribution is 6.06. The molecule has 0 aliphatic carbocycles. The summed E-state index contributed by atoms with van der Waals surface area (Å²) in [7, 11) is 3.96. The molecular formula is C25H20F4N4O5. The number of methoxy groups -OCH3 is 1. The Kier molecular flexibility index (Phi) is 7.10. The van der Waals surface area contributed by atoms with Crippen LogP contribution in [-0.4, -0.2) is 33.6 Å². The van der Waals surface area contributed by atoms with E-state index in [0.29, 0.717) is 0 Å². The molecule has 4 rings (SSSR count). The zero-order chi connectivity index (χ0) is 27.7. The van der Waals surface area contributed by atoms with Gasteiger partial charge < -0.3 is 19.4 Å². The number of ether oxygens (including phenoxy) is 2. The fourth-order valence-corrected chi connectivity index (χ4v) is 3.89. The minimum atomic E-state index is -3.07. The van der Waals surface area contributed by atoms with Crippen molar-refractivity contribution >= 4 is 11.6 Å². The lowest BCUT2D eigenvalue weighted by molar-refractivity contribution is -0.0498. The molecule has 4 aromatic rings. The van der Waals surface area contributed by atoms with Gasteiger partial charge in [0.2, 0.25) is 0 Å². The number of amides is 1. The van der Waals surface area contributed by atoms with E-state index in [0.717, 1.165) is 45.8 Å². The minimum Gasteiger partial charge on any atom is -0.497 e. The maximum absolute atomic E-state index is 15.1. The molecule has 9 nitrogen and oxygen atoms in total. The fourth-order valence-electron chi connectivity index (χ4n) is 3.89. The first-order valence-electron chi connectivity index (χ1n) is 10.9. The van der Waals surface area contributed by atoms with Crippen LogP contribution in [0, 0.1) is 11.6 Å². The van der Waals surface area contributed by atoms with Crippen LogP contribution in [0.3, 0.4) is 0 Å². The van der Waals surface area contributed by atoms with Gasteiger partial charge in [0.25, 0.3) is 17.0 Å². The van der Waals surface area contributed by atoms with E-state index in [9.17, 15) is 23.2 Å². The first kappa shape index (κ1) is 26.3. The molecule has 0 fully saturated rings.